The fourth-order valence-corrected chi connectivity index (χ4v) is 4.59. The average molecular weight is 281 g/mol. The predicted octanol–water partition coefficient (Wildman–Crippen LogP) is 4.46. The van der Waals surface area contributed by atoms with Gasteiger partial charge in [0.2, 0.25) is 0 Å². The quantitative estimate of drug-likeness (QED) is 0.833. The lowest BCUT2D eigenvalue weighted by Gasteiger charge is -2.44. The summed E-state index contributed by atoms with van der Waals surface area (Å²) in [6.07, 6.45) is 7.01. The van der Waals surface area contributed by atoms with Gasteiger partial charge in [0.1, 0.15) is 5.76 Å². The molecule has 0 radical (unpaired) electrons. The zero-order valence-corrected chi connectivity index (χ0v) is 13.3. The van der Waals surface area contributed by atoms with Crippen LogP contribution in [0.5, 0.6) is 0 Å². The van der Waals surface area contributed by atoms with Gasteiger partial charge in [0.25, 0.3) is 0 Å². The second-order valence-electron chi connectivity index (χ2n) is 6.24. The molecule has 2 atom stereocenters. The van der Waals surface area contributed by atoms with Crippen molar-refractivity contribution in [3.05, 3.63) is 24.2 Å². The normalized spacial score (nSPS) is 26.5. The van der Waals surface area contributed by atoms with Crippen LogP contribution in [0.25, 0.3) is 0 Å². The summed E-state index contributed by atoms with van der Waals surface area (Å²) in [4.78, 5) is 0. The van der Waals surface area contributed by atoms with E-state index in [-0.39, 0.29) is 0 Å². The number of hydrogen-bond donors (Lipinski definition) is 1. The minimum Gasteiger partial charge on any atom is -0.468 e. The SMILES string of the molecule is CCCNC1C(SCc2ccco2)CCCC1(C)C. The van der Waals surface area contributed by atoms with Crippen LogP contribution in [0.4, 0.5) is 0 Å². The molecule has 0 bridgehead atoms. The minimum atomic E-state index is 0.411. The highest BCUT2D eigenvalue weighted by Crippen LogP contribution is 2.41. The first-order chi connectivity index (χ1) is 9.13. The Bertz CT molecular complexity index is 361. The minimum absolute atomic E-state index is 0.411. The van der Waals surface area contributed by atoms with Gasteiger partial charge in [-0.2, -0.15) is 0 Å². The topological polar surface area (TPSA) is 25.2 Å². The highest BCUT2D eigenvalue weighted by atomic mass is 32.2. The van der Waals surface area contributed by atoms with E-state index in [2.05, 4.69) is 43.9 Å². The Labute approximate surface area is 121 Å². The van der Waals surface area contributed by atoms with Gasteiger partial charge >= 0.3 is 0 Å². The molecule has 0 spiro atoms. The zero-order valence-electron chi connectivity index (χ0n) is 12.4. The smallest absolute Gasteiger partial charge is 0.113 e. The van der Waals surface area contributed by atoms with Crippen LogP contribution < -0.4 is 5.32 Å². The molecule has 3 heteroatoms. The van der Waals surface area contributed by atoms with Gasteiger partial charge in [-0.05, 0) is 43.4 Å². The van der Waals surface area contributed by atoms with E-state index in [0.29, 0.717) is 16.7 Å². The molecule has 1 aliphatic carbocycles. The van der Waals surface area contributed by atoms with E-state index in [1.807, 2.05) is 6.07 Å². The molecule has 0 aromatic carbocycles. The van der Waals surface area contributed by atoms with E-state index in [1.54, 1.807) is 6.26 Å². The van der Waals surface area contributed by atoms with Crippen LogP contribution in [-0.2, 0) is 5.75 Å². The average Bonchev–Trinajstić information content (AvgIpc) is 2.87. The summed E-state index contributed by atoms with van der Waals surface area (Å²) in [6, 6.07) is 4.68. The van der Waals surface area contributed by atoms with Crippen molar-refractivity contribution in [1.82, 2.24) is 5.32 Å². The van der Waals surface area contributed by atoms with Gasteiger partial charge in [0.15, 0.2) is 0 Å². The lowest BCUT2D eigenvalue weighted by atomic mass is 9.73. The van der Waals surface area contributed by atoms with Crippen molar-refractivity contribution in [2.75, 3.05) is 6.54 Å². The molecule has 0 aliphatic heterocycles. The van der Waals surface area contributed by atoms with Gasteiger partial charge in [0, 0.05) is 11.3 Å². The molecular weight excluding hydrogens is 254 g/mol. The van der Waals surface area contributed by atoms with Gasteiger partial charge in [-0.1, -0.05) is 27.2 Å². The lowest BCUT2D eigenvalue weighted by molar-refractivity contribution is 0.175. The molecule has 2 nitrogen and oxygen atoms in total. The molecule has 1 aromatic rings. The van der Waals surface area contributed by atoms with Crippen molar-refractivity contribution in [3.63, 3.8) is 0 Å². The van der Waals surface area contributed by atoms with E-state index < -0.39 is 0 Å². The van der Waals surface area contributed by atoms with E-state index in [1.165, 1.54) is 25.7 Å². The van der Waals surface area contributed by atoms with E-state index in [0.717, 1.165) is 18.1 Å². The number of thioether (sulfide) groups is 1. The first-order valence-electron chi connectivity index (χ1n) is 7.51. The molecule has 2 unspecified atom stereocenters. The Balaban J connectivity index is 1.94. The fourth-order valence-electron chi connectivity index (χ4n) is 3.06. The number of hydrogen-bond acceptors (Lipinski definition) is 3. The summed E-state index contributed by atoms with van der Waals surface area (Å²) in [5.74, 6) is 2.10. The van der Waals surface area contributed by atoms with Crippen molar-refractivity contribution in [2.24, 2.45) is 5.41 Å². The third-order valence-electron chi connectivity index (χ3n) is 4.16. The largest absolute Gasteiger partial charge is 0.468 e. The summed E-state index contributed by atoms with van der Waals surface area (Å²) in [7, 11) is 0. The maximum Gasteiger partial charge on any atom is 0.113 e. The van der Waals surface area contributed by atoms with Crippen LogP contribution in [0, 0.1) is 5.41 Å². The molecule has 1 N–H and O–H groups in total. The van der Waals surface area contributed by atoms with Gasteiger partial charge in [-0.15, -0.1) is 11.8 Å². The van der Waals surface area contributed by atoms with Crippen molar-refractivity contribution in [2.45, 2.75) is 63.5 Å². The second kappa shape index (κ2) is 6.85. The molecule has 1 aliphatic rings. The molecule has 0 saturated heterocycles. The summed E-state index contributed by atoms with van der Waals surface area (Å²) < 4.78 is 5.45. The predicted molar refractivity (Wildman–Crippen MR) is 83.5 cm³/mol. The summed E-state index contributed by atoms with van der Waals surface area (Å²) in [6.45, 7) is 8.21. The molecule has 108 valence electrons. The van der Waals surface area contributed by atoms with Crippen molar-refractivity contribution >= 4 is 11.8 Å². The Morgan fingerprint density at radius 2 is 2.32 bits per heavy atom. The molecule has 19 heavy (non-hydrogen) atoms. The molecular formula is C16H27NOS. The van der Waals surface area contributed by atoms with Gasteiger partial charge < -0.3 is 9.73 Å². The standard InChI is InChI=1S/C16H27NOS/c1-4-10-17-15-14(8-5-9-16(15,2)3)19-12-13-7-6-11-18-13/h6-7,11,14-15,17H,4-5,8-10,12H2,1-3H3. The molecule has 1 heterocycles. The maximum atomic E-state index is 5.45. The first-order valence-corrected chi connectivity index (χ1v) is 8.55. The highest BCUT2D eigenvalue weighted by molar-refractivity contribution is 7.99. The van der Waals surface area contributed by atoms with Crippen molar-refractivity contribution in [1.29, 1.82) is 0 Å². The second-order valence-corrected chi connectivity index (χ2v) is 7.47. The van der Waals surface area contributed by atoms with Crippen LogP contribution in [0.1, 0.15) is 52.2 Å². The van der Waals surface area contributed by atoms with Crippen LogP contribution in [0.3, 0.4) is 0 Å². The molecule has 2 rings (SSSR count). The van der Waals surface area contributed by atoms with Crippen LogP contribution in [0.15, 0.2) is 22.8 Å². The van der Waals surface area contributed by atoms with Crippen LogP contribution in [0.2, 0.25) is 0 Å². The third-order valence-corrected chi connectivity index (χ3v) is 5.54. The van der Waals surface area contributed by atoms with Gasteiger partial charge in [0.05, 0.1) is 12.0 Å². The number of rotatable bonds is 6. The Kier molecular flexibility index (Phi) is 5.40. The molecule has 0 amide bonds. The van der Waals surface area contributed by atoms with E-state index in [9.17, 15) is 0 Å². The fraction of sp³-hybridized carbons (Fsp3) is 0.750. The third kappa shape index (κ3) is 4.03. The molecule has 1 saturated carbocycles. The van der Waals surface area contributed by atoms with Crippen molar-refractivity contribution in [3.8, 4) is 0 Å². The maximum absolute atomic E-state index is 5.45. The number of nitrogens with one attached hydrogen (secondary N) is 1. The van der Waals surface area contributed by atoms with E-state index >= 15 is 0 Å². The molecule has 1 fully saturated rings. The van der Waals surface area contributed by atoms with Gasteiger partial charge in [-0.25, -0.2) is 0 Å². The Hall–Kier alpha value is -0.410. The van der Waals surface area contributed by atoms with E-state index in [4.69, 9.17) is 4.42 Å². The van der Waals surface area contributed by atoms with Crippen molar-refractivity contribution < 1.29 is 4.42 Å². The van der Waals surface area contributed by atoms with Crippen LogP contribution >= 0.6 is 11.8 Å². The zero-order chi connectivity index (χ0) is 13.7. The summed E-state index contributed by atoms with van der Waals surface area (Å²) in [5.41, 5.74) is 0.411. The lowest BCUT2D eigenvalue weighted by Crippen LogP contribution is -2.51. The Morgan fingerprint density at radius 3 is 3.00 bits per heavy atom. The Morgan fingerprint density at radius 1 is 1.47 bits per heavy atom. The monoisotopic (exact) mass is 281 g/mol. The molecule has 1 aromatic heterocycles. The summed E-state index contributed by atoms with van der Waals surface area (Å²) in [5, 5.41) is 4.50. The summed E-state index contributed by atoms with van der Waals surface area (Å²) >= 11 is 2.06. The number of furan rings is 1. The highest BCUT2D eigenvalue weighted by Gasteiger charge is 2.38. The first kappa shape index (κ1) is 15.0. The van der Waals surface area contributed by atoms with Gasteiger partial charge in [-0.3, -0.25) is 0 Å². The van der Waals surface area contributed by atoms with Crippen LogP contribution in [-0.4, -0.2) is 17.8 Å².